The maximum Gasteiger partial charge on any atom is 0.416 e. The molecule has 0 unspecified atom stereocenters. The SMILES string of the molecule is CCCc1cc(F)cc(/C=N/NC(=O)CN2CCN(C(=O)c3ccc(C(F)(F)F)cc3)CC2)c1. The number of nitrogens with one attached hydrogen (secondary N) is 1. The lowest BCUT2D eigenvalue weighted by Gasteiger charge is -2.34. The number of halogens is 4. The molecule has 0 aliphatic carbocycles. The van der Waals surface area contributed by atoms with Crippen molar-refractivity contribution in [2.75, 3.05) is 32.7 Å². The Balaban J connectivity index is 1.45. The van der Waals surface area contributed by atoms with Crippen molar-refractivity contribution < 1.29 is 27.2 Å². The van der Waals surface area contributed by atoms with Crippen LogP contribution in [0.3, 0.4) is 0 Å². The Hall–Kier alpha value is -3.27. The molecule has 1 heterocycles. The fourth-order valence-electron chi connectivity index (χ4n) is 3.69. The summed E-state index contributed by atoms with van der Waals surface area (Å²) < 4.78 is 51.7. The zero-order chi connectivity index (χ0) is 24.7. The molecule has 6 nitrogen and oxygen atoms in total. The van der Waals surface area contributed by atoms with Crippen LogP contribution in [0.2, 0.25) is 0 Å². The number of hydrazone groups is 1. The van der Waals surface area contributed by atoms with Gasteiger partial charge in [-0.25, -0.2) is 9.82 Å². The van der Waals surface area contributed by atoms with E-state index >= 15 is 0 Å². The fourth-order valence-corrected chi connectivity index (χ4v) is 3.69. The quantitative estimate of drug-likeness (QED) is 0.375. The van der Waals surface area contributed by atoms with E-state index in [2.05, 4.69) is 10.5 Å². The standard InChI is InChI=1S/C24H26F4N4O2/c1-2-3-17-12-18(14-21(25)13-17)15-29-30-22(33)16-31-8-10-32(11-9-31)23(34)19-4-6-20(7-5-19)24(26,27)28/h4-7,12-15H,2-3,8-11,16H2,1H3,(H,30,33)/b29-15+. The molecule has 10 heteroatoms. The maximum absolute atomic E-state index is 13.7. The number of rotatable bonds is 7. The van der Waals surface area contributed by atoms with Crippen molar-refractivity contribution in [3.63, 3.8) is 0 Å². The van der Waals surface area contributed by atoms with Crippen LogP contribution in [0.25, 0.3) is 0 Å². The third-order valence-corrected chi connectivity index (χ3v) is 5.41. The minimum absolute atomic E-state index is 0.0733. The average molecular weight is 478 g/mol. The number of carbonyl (C=O) groups is 2. The van der Waals surface area contributed by atoms with Gasteiger partial charge >= 0.3 is 6.18 Å². The molecule has 0 aromatic heterocycles. The predicted molar refractivity (Wildman–Crippen MR) is 120 cm³/mol. The molecule has 34 heavy (non-hydrogen) atoms. The van der Waals surface area contributed by atoms with Crippen LogP contribution in [0.15, 0.2) is 47.6 Å². The first-order chi connectivity index (χ1) is 16.2. The van der Waals surface area contributed by atoms with Gasteiger partial charge in [0.15, 0.2) is 0 Å². The van der Waals surface area contributed by atoms with Crippen molar-refractivity contribution in [2.24, 2.45) is 5.10 Å². The molecule has 0 saturated carbocycles. The van der Waals surface area contributed by atoms with Gasteiger partial charge in [0.25, 0.3) is 11.8 Å². The smallest absolute Gasteiger partial charge is 0.336 e. The van der Waals surface area contributed by atoms with Crippen molar-refractivity contribution >= 4 is 18.0 Å². The number of alkyl halides is 3. The van der Waals surface area contributed by atoms with Crippen LogP contribution in [0.1, 0.15) is 40.4 Å². The molecule has 0 bridgehead atoms. The fraction of sp³-hybridized carbons (Fsp3) is 0.375. The largest absolute Gasteiger partial charge is 0.416 e. The number of amides is 2. The maximum atomic E-state index is 13.7. The van der Waals surface area contributed by atoms with E-state index in [-0.39, 0.29) is 29.7 Å². The molecule has 3 rings (SSSR count). The number of nitrogens with zero attached hydrogens (tertiary/aromatic N) is 3. The Morgan fingerprint density at radius 2 is 1.74 bits per heavy atom. The molecule has 182 valence electrons. The van der Waals surface area contributed by atoms with Crippen LogP contribution >= 0.6 is 0 Å². The monoisotopic (exact) mass is 478 g/mol. The summed E-state index contributed by atoms with van der Waals surface area (Å²) in [6, 6.07) is 8.75. The number of hydrogen-bond donors (Lipinski definition) is 1. The van der Waals surface area contributed by atoms with Crippen LogP contribution in [0, 0.1) is 5.82 Å². The molecule has 1 aliphatic rings. The molecule has 0 atom stereocenters. The van der Waals surface area contributed by atoms with Crippen molar-refractivity contribution in [1.82, 2.24) is 15.2 Å². The summed E-state index contributed by atoms with van der Waals surface area (Å²) in [5, 5.41) is 3.89. The predicted octanol–water partition coefficient (Wildman–Crippen LogP) is 3.71. The highest BCUT2D eigenvalue weighted by molar-refractivity contribution is 5.94. The topological polar surface area (TPSA) is 65.0 Å². The van der Waals surface area contributed by atoms with E-state index in [1.54, 1.807) is 4.90 Å². The van der Waals surface area contributed by atoms with Crippen molar-refractivity contribution in [3.8, 4) is 0 Å². The molecular formula is C24H26F4N4O2. The van der Waals surface area contributed by atoms with Crippen LogP contribution in [-0.4, -0.2) is 60.6 Å². The number of piperazine rings is 1. The summed E-state index contributed by atoms with van der Waals surface area (Å²) in [4.78, 5) is 28.1. The van der Waals surface area contributed by atoms with Crippen LogP contribution in [0.5, 0.6) is 0 Å². The number of aryl methyl sites for hydroxylation is 1. The average Bonchev–Trinajstić information content (AvgIpc) is 2.78. The van der Waals surface area contributed by atoms with Crippen molar-refractivity contribution in [2.45, 2.75) is 25.9 Å². The third kappa shape index (κ3) is 7.11. The molecule has 0 spiro atoms. The van der Waals surface area contributed by atoms with Gasteiger partial charge in [-0.1, -0.05) is 13.3 Å². The molecule has 1 N–H and O–H groups in total. The van der Waals surface area contributed by atoms with Gasteiger partial charge in [0.1, 0.15) is 5.82 Å². The van der Waals surface area contributed by atoms with Gasteiger partial charge in [0.05, 0.1) is 18.3 Å². The Kier molecular flexibility index (Phi) is 8.38. The van der Waals surface area contributed by atoms with E-state index in [0.29, 0.717) is 31.7 Å². The van der Waals surface area contributed by atoms with Gasteiger partial charge in [0.2, 0.25) is 0 Å². The summed E-state index contributed by atoms with van der Waals surface area (Å²) >= 11 is 0. The lowest BCUT2D eigenvalue weighted by Crippen LogP contribution is -2.50. The van der Waals surface area contributed by atoms with Gasteiger partial charge in [-0.15, -0.1) is 0 Å². The highest BCUT2D eigenvalue weighted by atomic mass is 19.4. The van der Waals surface area contributed by atoms with Gasteiger partial charge < -0.3 is 4.90 Å². The molecule has 1 saturated heterocycles. The zero-order valence-corrected chi connectivity index (χ0v) is 18.7. The Labute approximate surface area is 195 Å². The van der Waals surface area contributed by atoms with E-state index in [1.807, 2.05) is 17.9 Å². The molecule has 2 amide bonds. The second-order valence-corrected chi connectivity index (χ2v) is 8.08. The first kappa shape index (κ1) is 25.4. The van der Waals surface area contributed by atoms with E-state index in [9.17, 15) is 27.2 Å². The Bertz CT molecular complexity index is 1030. The molecule has 2 aromatic rings. The molecule has 1 fully saturated rings. The molecule has 2 aromatic carbocycles. The van der Waals surface area contributed by atoms with Crippen molar-refractivity contribution in [3.05, 3.63) is 70.5 Å². The van der Waals surface area contributed by atoms with Gasteiger partial charge in [0, 0.05) is 31.7 Å². The summed E-state index contributed by atoms with van der Waals surface area (Å²) in [5.74, 6) is -1.05. The van der Waals surface area contributed by atoms with E-state index in [4.69, 9.17) is 0 Å². The highest BCUT2D eigenvalue weighted by Gasteiger charge is 2.30. The molecular weight excluding hydrogens is 452 g/mol. The van der Waals surface area contributed by atoms with E-state index in [0.717, 1.165) is 30.5 Å². The van der Waals surface area contributed by atoms with E-state index in [1.165, 1.54) is 30.5 Å². The van der Waals surface area contributed by atoms with Crippen molar-refractivity contribution in [1.29, 1.82) is 0 Å². The highest BCUT2D eigenvalue weighted by Crippen LogP contribution is 2.29. The lowest BCUT2D eigenvalue weighted by molar-refractivity contribution is -0.137. The first-order valence-electron chi connectivity index (χ1n) is 11.0. The number of carbonyl (C=O) groups excluding carboxylic acids is 2. The zero-order valence-electron chi connectivity index (χ0n) is 18.7. The van der Waals surface area contributed by atoms with Crippen LogP contribution < -0.4 is 5.43 Å². The minimum atomic E-state index is -4.45. The first-order valence-corrected chi connectivity index (χ1v) is 11.0. The Morgan fingerprint density at radius 1 is 1.06 bits per heavy atom. The minimum Gasteiger partial charge on any atom is -0.336 e. The molecule has 1 aliphatic heterocycles. The molecule has 0 radical (unpaired) electrons. The second-order valence-electron chi connectivity index (χ2n) is 8.08. The summed E-state index contributed by atoms with van der Waals surface area (Å²) in [6.07, 6.45) is -1.42. The number of hydrogen-bond acceptors (Lipinski definition) is 4. The van der Waals surface area contributed by atoms with Crippen LogP contribution in [0.4, 0.5) is 17.6 Å². The van der Waals surface area contributed by atoms with Crippen LogP contribution in [-0.2, 0) is 17.4 Å². The normalized spacial score (nSPS) is 15.0. The number of benzene rings is 2. The van der Waals surface area contributed by atoms with Gasteiger partial charge in [-0.3, -0.25) is 14.5 Å². The van der Waals surface area contributed by atoms with E-state index < -0.39 is 11.7 Å². The van der Waals surface area contributed by atoms with Gasteiger partial charge in [-0.05, 0) is 60.0 Å². The second kappa shape index (κ2) is 11.2. The van der Waals surface area contributed by atoms with Gasteiger partial charge in [-0.2, -0.15) is 18.3 Å². The third-order valence-electron chi connectivity index (χ3n) is 5.41. The summed E-state index contributed by atoms with van der Waals surface area (Å²) in [5.41, 5.74) is 3.22. The summed E-state index contributed by atoms with van der Waals surface area (Å²) in [6.45, 7) is 3.65. The summed E-state index contributed by atoms with van der Waals surface area (Å²) in [7, 11) is 0. The lowest BCUT2D eigenvalue weighted by atomic mass is 10.1. The Morgan fingerprint density at radius 3 is 2.35 bits per heavy atom.